The molecule has 0 aromatic heterocycles. The van der Waals surface area contributed by atoms with Crippen molar-refractivity contribution in [1.29, 1.82) is 0 Å². The maximum absolute atomic E-state index is 12.5. The van der Waals surface area contributed by atoms with Gasteiger partial charge in [0, 0.05) is 17.7 Å². The van der Waals surface area contributed by atoms with Crippen molar-refractivity contribution in [3.05, 3.63) is 70.3 Å². The highest BCUT2D eigenvalue weighted by molar-refractivity contribution is 5.99. The lowest BCUT2D eigenvalue weighted by atomic mass is 9.98. The summed E-state index contributed by atoms with van der Waals surface area (Å²) in [5.41, 5.74) is 4.08. The first-order chi connectivity index (χ1) is 13.5. The molecular formula is C23H27NO4. The number of esters is 1. The molecule has 0 aliphatic carbocycles. The van der Waals surface area contributed by atoms with Gasteiger partial charge < -0.3 is 10.1 Å². The molecule has 0 saturated heterocycles. The first kappa shape index (κ1) is 21.4. The topological polar surface area (TPSA) is 72.5 Å². The highest BCUT2D eigenvalue weighted by Gasteiger charge is 2.14. The van der Waals surface area contributed by atoms with Gasteiger partial charge in [-0.2, -0.15) is 0 Å². The van der Waals surface area contributed by atoms with E-state index in [1.54, 1.807) is 12.1 Å². The Morgan fingerprint density at radius 2 is 1.71 bits per heavy atom. The number of benzene rings is 2. The zero-order valence-electron chi connectivity index (χ0n) is 16.7. The van der Waals surface area contributed by atoms with Crippen molar-refractivity contribution in [3.63, 3.8) is 0 Å². The third kappa shape index (κ3) is 5.78. The summed E-state index contributed by atoms with van der Waals surface area (Å²) in [4.78, 5) is 36.5. The highest BCUT2D eigenvalue weighted by Crippen LogP contribution is 2.15. The van der Waals surface area contributed by atoms with Gasteiger partial charge in [-0.3, -0.25) is 14.4 Å². The number of carbonyl (C=O) groups excluding carboxylic acids is 3. The van der Waals surface area contributed by atoms with E-state index in [0.29, 0.717) is 11.1 Å². The molecule has 0 aliphatic rings. The molecule has 0 fully saturated rings. The Morgan fingerprint density at radius 3 is 2.39 bits per heavy atom. The number of nitrogens with one attached hydrogen (secondary N) is 1. The molecule has 0 bridgehead atoms. The first-order valence-corrected chi connectivity index (χ1v) is 9.60. The summed E-state index contributed by atoms with van der Waals surface area (Å²) in [7, 11) is 0. The summed E-state index contributed by atoms with van der Waals surface area (Å²) in [5.74, 6) is -0.946. The van der Waals surface area contributed by atoms with Crippen molar-refractivity contribution in [3.8, 4) is 0 Å². The molecule has 0 spiro atoms. The quantitative estimate of drug-likeness (QED) is 0.531. The Labute approximate surface area is 166 Å². The molecule has 0 unspecified atom stereocenters. The summed E-state index contributed by atoms with van der Waals surface area (Å²) in [6, 6.07) is 13.1. The molecule has 5 heteroatoms. The molecule has 5 nitrogen and oxygen atoms in total. The van der Waals surface area contributed by atoms with E-state index in [4.69, 9.17) is 4.74 Å². The van der Waals surface area contributed by atoms with Crippen LogP contribution in [0.15, 0.2) is 42.5 Å². The van der Waals surface area contributed by atoms with Gasteiger partial charge in [0.25, 0.3) is 5.91 Å². The maximum atomic E-state index is 12.5. The molecule has 2 aromatic rings. The number of carbonyl (C=O) groups is 3. The van der Waals surface area contributed by atoms with E-state index in [9.17, 15) is 14.4 Å². The van der Waals surface area contributed by atoms with Gasteiger partial charge in [0.2, 0.25) is 5.78 Å². The Bertz CT molecular complexity index is 857. The molecule has 28 heavy (non-hydrogen) atoms. The van der Waals surface area contributed by atoms with Crippen molar-refractivity contribution in [2.24, 2.45) is 0 Å². The van der Waals surface area contributed by atoms with E-state index >= 15 is 0 Å². The minimum absolute atomic E-state index is 0.0144. The van der Waals surface area contributed by atoms with Crippen molar-refractivity contribution in [1.82, 2.24) is 5.32 Å². The third-order valence-corrected chi connectivity index (χ3v) is 4.63. The molecule has 0 radical (unpaired) electrons. The van der Waals surface area contributed by atoms with Crippen LogP contribution in [0.5, 0.6) is 0 Å². The van der Waals surface area contributed by atoms with Crippen LogP contribution in [0.25, 0.3) is 0 Å². The number of Topliss-reactive ketones (excluding diaryl/α,β-unsaturated/α-hetero) is 1. The molecule has 1 amide bonds. The van der Waals surface area contributed by atoms with Crippen LogP contribution in [0, 0.1) is 6.92 Å². The second-order valence-corrected chi connectivity index (χ2v) is 6.60. The molecule has 0 atom stereocenters. The minimum atomic E-state index is -0.511. The van der Waals surface area contributed by atoms with Gasteiger partial charge >= 0.3 is 5.97 Å². The number of hydrogen-bond donors (Lipinski definition) is 1. The predicted octanol–water partition coefficient (Wildman–Crippen LogP) is 3.67. The van der Waals surface area contributed by atoms with Gasteiger partial charge in [0.15, 0.2) is 6.61 Å². The van der Waals surface area contributed by atoms with Gasteiger partial charge in [-0.1, -0.05) is 44.2 Å². The summed E-state index contributed by atoms with van der Waals surface area (Å²) < 4.78 is 5.10. The van der Waals surface area contributed by atoms with Gasteiger partial charge in [-0.25, -0.2) is 0 Å². The number of ether oxygens (including phenoxy) is 1. The van der Waals surface area contributed by atoms with E-state index in [0.717, 1.165) is 29.5 Å². The number of hydrogen-bond acceptors (Lipinski definition) is 4. The van der Waals surface area contributed by atoms with Crippen LogP contribution in [-0.2, 0) is 22.4 Å². The molecule has 2 rings (SSSR count). The number of rotatable bonds is 9. The van der Waals surface area contributed by atoms with E-state index in [1.165, 1.54) is 0 Å². The molecule has 1 N–H and O–H groups in total. The Balaban J connectivity index is 1.82. The van der Waals surface area contributed by atoms with Gasteiger partial charge in [-0.05, 0) is 48.6 Å². The lowest BCUT2D eigenvalue weighted by Crippen LogP contribution is -2.27. The Morgan fingerprint density at radius 1 is 0.964 bits per heavy atom. The normalized spacial score (nSPS) is 10.4. The first-order valence-electron chi connectivity index (χ1n) is 9.60. The molecule has 0 aliphatic heterocycles. The lowest BCUT2D eigenvalue weighted by molar-refractivity contribution is -0.142. The van der Waals surface area contributed by atoms with Gasteiger partial charge in [-0.15, -0.1) is 0 Å². The fourth-order valence-corrected chi connectivity index (χ4v) is 2.91. The monoisotopic (exact) mass is 381 g/mol. The Kier molecular flexibility index (Phi) is 7.93. The van der Waals surface area contributed by atoms with Gasteiger partial charge in [0.1, 0.15) is 0 Å². The number of amides is 1. The number of ketones is 1. The van der Waals surface area contributed by atoms with Gasteiger partial charge in [0.05, 0.1) is 6.42 Å². The maximum Gasteiger partial charge on any atom is 0.308 e. The third-order valence-electron chi connectivity index (χ3n) is 4.63. The summed E-state index contributed by atoms with van der Waals surface area (Å²) in [6.45, 7) is 5.74. The lowest BCUT2D eigenvalue weighted by Gasteiger charge is -2.10. The largest absolute Gasteiger partial charge is 0.457 e. The van der Waals surface area contributed by atoms with Crippen LogP contribution in [0.1, 0.15) is 57.7 Å². The molecule has 0 saturated carbocycles. The zero-order valence-corrected chi connectivity index (χ0v) is 16.7. The molecule has 148 valence electrons. The van der Waals surface area contributed by atoms with Crippen LogP contribution >= 0.6 is 0 Å². The molecule has 0 heterocycles. The smallest absolute Gasteiger partial charge is 0.308 e. The predicted molar refractivity (Wildman–Crippen MR) is 109 cm³/mol. The molecule has 2 aromatic carbocycles. The van der Waals surface area contributed by atoms with Crippen molar-refractivity contribution < 1.29 is 19.1 Å². The van der Waals surface area contributed by atoms with Crippen LogP contribution in [0.2, 0.25) is 0 Å². The second kappa shape index (κ2) is 10.4. The average molecular weight is 381 g/mol. The van der Waals surface area contributed by atoms with E-state index < -0.39 is 5.97 Å². The fourth-order valence-electron chi connectivity index (χ4n) is 2.91. The van der Waals surface area contributed by atoms with E-state index in [1.807, 2.05) is 51.1 Å². The van der Waals surface area contributed by atoms with Crippen molar-refractivity contribution >= 4 is 17.7 Å². The van der Waals surface area contributed by atoms with Crippen LogP contribution < -0.4 is 5.32 Å². The SMILES string of the molecule is CCc1ccc(CC)c(C(=O)COC(=O)CCNC(=O)c2ccccc2C)c1. The summed E-state index contributed by atoms with van der Waals surface area (Å²) in [6.07, 6.45) is 1.59. The second-order valence-electron chi connectivity index (χ2n) is 6.60. The molecular weight excluding hydrogens is 354 g/mol. The Hall–Kier alpha value is -2.95. The number of aryl methyl sites for hydroxylation is 3. The van der Waals surface area contributed by atoms with E-state index in [2.05, 4.69) is 5.32 Å². The average Bonchev–Trinajstić information content (AvgIpc) is 2.71. The van der Waals surface area contributed by atoms with Crippen LogP contribution in [-0.4, -0.2) is 30.8 Å². The van der Waals surface area contributed by atoms with Crippen molar-refractivity contribution in [2.45, 2.75) is 40.0 Å². The summed E-state index contributed by atoms with van der Waals surface area (Å²) >= 11 is 0. The van der Waals surface area contributed by atoms with Crippen LogP contribution in [0.3, 0.4) is 0 Å². The fraction of sp³-hybridized carbons (Fsp3) is 0.348. The van der Waals surface area contributed by atoms with Crippen molar-refractivity contribution in [2.75, 3.05) is 13.2 Å². The minimum Gasteiger partial charge on any atom is -0.457 e. The highest BCUT2D eigenvalue weighted by atomic mass is 16.5. The van der Waals surface area contributed by atoms with E-state index in [-0.39, 0.29) is 31.3 Å². The summed E-state index contributed by atoms with van der Waals surface area (Å²) in [5, 5.41) is 2.70. The van der Waals surface area contributed by atoms with Crippen LogP contribution in [0.4, 0.5) is 0 Å². The zero-order chi connectivity index (χ0) is 20.5. The standard InChI is InChI=1S/C23H27NO4/c1-4-17-10-11-18(5-2)20(14-17)21(25)15-28-22(26)12-13-24-23(27)19-9-7-6-8-16(19)3/h6-11,14H,4-5,12-13,15H2,1-3H3,(H,24,27).